The first-order chi connectivity index (χ1) is 15.2. The first-order valence-corrected chi connectivity index (χ1v) is 12.9. The SMILES string of the molecule is CC(NS(=O)(=O)c1cccc2cnccc12)C(C)NS(=O)(=O)c1cccc2cnccc12. The van der Waals surface area contributed by atoms with Gasteiger partial charge >= 0.3 is 0 Å². The Hall–Kier alpha value is -2.92. The number of sulfonamides is 2. The van der Waals surface area contributed by atoms with Crippen LogP contribution >= 0.6 is 0 Å². The smallest absolute Gasteiger partial charge is 0.241 e. The molecule has 8 nitrogen and oxygen atoms in total. The molecule has 2 N–H and O–H groups in total. The summed E-state index contributed by atoms with van der Waals surface area (Å²) in [7, 11) is -7.81. The third-order valence-corrected chi connectivity index (χ3v) is 8.53. The Bertz CT molecular complexity index is 1380. The molecule has 166 valence electrons. The van der Waals surface area contributed by atoms with Crippen molar-refractivity contribution in [3.8, 4) is 0 Å². The molecule has 0 bridgehead atoms. The molecule has 10 heteroatoms. The Morgan fingerprint density at radius 1 is 0.656 bits per heavy atom. The van der Waals surface area contributed by atoms with Gasteiger partial charge in [-0.25, -0.2) is 26.3 Å². The molecule has 0 saturated heterocycles. The van der Waals surface area contributed by atoms with Crippen LogP contribution in [0.1, 0.15) is 13.8 Å². The van der Waals surface area contributed by atoms with Crippen molar-refractivity contribution < 1.29 is 16.8 Å². The highest BCUT2D eigenvalue weighted by molar-refractivity contribution is 7.90. The normalized spacial score (nSPS) is 14.4. The standard InChI is InChI=1S/C22H22N4O4S2/c1-15(25-31(27,28)21-7-3-5-17-13-23-11-9-19(17)21)16(2)26-32(29,30)22-8-4-6-18-14-24-12-10-20(18)22/h3-16,25-26H,1-2H3. The quantitative estimate of drug-likeness (QED) is 0.429. The summed E-state index contributed by atoms with van der Waals surface area (Å²) in [5.74, 6) is 0. The molecule has 2 aromatic heterocycles. The van der Waals surface area contributed by atoms with Gasteiger partial charge in [0.25, 0.3) is 0 Å². The fourth-order valence-electron chi connectivity index (χ4n) is 3.47. The third kappa shape index (κ3) is 4.35. The zero-order valence-corrected chi connectivity index (χ0v) is 19.1. The molecule has 0 aliphatic heterocycles. The van der Waals surface area contributed by atoms with E-state index in [-0.39, 0.29) is 9.79 Å². The lowest BCUT2D eigenvalue weighted by Crippen LogP contribution is -2.48. The average Bonchev–Trinajstić information content (AvgIpc) is 2.77. The van der Waals surface area contributed by atoms with E-state index >= 15 is 0 Å². The van der Waals surface area contributed by atoms with Crippen LogP contribution in [0.15, 0.2) is 83.1 Å². The zero-order valence-electron chi connectivity index (χ0n) is 17.4. The molecule has 2 unspecified atom stereocenters. The molecular weight excluding hydrogens is 448 g/mol. The van der Waals surface area contributed by atoms with Crippen molar-refractivity contribution >= 4 is 41.6 Å². The summed E-state index contributed by atoms with van der Waals surface area (Å²) in [6.07, 6.45) is 6.24. The second-order valence-corrected chi connectivity index (χ2v) is 10.9. The number of benzene rings is 2. The van der Waals surface area contributed by atoms with Crippen LogP contribution in [0.3, 0.4) is 0 Å². The Morgan fingerprint density at radius 3 is 1.47 bits per heavy atom. The highest BCUT2D eigenvalue weighted by Gasteiger charge is 2.27. The summed E-state index contributed by atoms with van der Waals surface area (Å²) in [6.45, 7) is 3.23. The largest absolute Gasteiger partial charge is 0.264 e. The van der Waals surface area contributed by atoms with Gasteiger partial charge in [0.2, 0.25) is 20.0 Å². The molecule has 32 heavy (non-hydrogen) atoms. The summed E-state index contributed by atoms with van der Waals surface area (Å²) in [4.78, 5) is 8.26. The lowest BCUT2D eigenvalue weighted by molar-refractivity contribution is 0.488. The number of fused-ring (bicyclic) bond motifs is 2. The van der Waals surface area contributed by atoms with Gasteiger partial charge in [-0.2, -0.15) is 0 Å². The van der Waals surface area contributed by atoms with E-state index < -0.39 is 32.1 Å². The molecule has 0 saturated carbocycles. The van der Waals surface area contributed by atoms with Gasteiger partial charge in [-0.05, 0) is 38.1 Å². The molecular formula is C22H22N4O4S2. The molecule has 2 heterocycles. The number of nitrogens with one attached hydrogen (secondary N) is 2. The Morgan fingerprint density at radius 2 is 1.06 bits per heavy atom. The second kappa shape index (κ2) is 8.55. The Kier molecular flexibility index (Phi) is 5.95. The van der Waals surface area contributed by atoms with Gasteiger partial charge in [0.05, 0.1) is 9.79 Å². The number of rotatable bonds is 7. The molecule has 2 aromatic carbocycles. The van der Waals surface area contributed by atoms with Crippen LogP contribution in [0, 0.1) is 0 Å². The van der Waals surface area contributed by atoms with Crippen LogP contribution in [-0.4, -0.2) is 38.9 Å². The van der Waals surface area contributed by atoms with Crippen molar-refractivity contribution in [1.82, 2.24) is 19.4 Å². The first kappa shape index (κ1) is 22.3. The molecule has 4 aromatic rings. The number of aromatic nitrogens is 2. The first-order valence-electron chi connectivity index (χ1n) is 9.89. The molecule has 0 amide bonds. The number of hydrogen-bond donors (Lipinski definition) is 2. The second-order valence-electron chi connectivity index (χ2n) is 7.53. The van der Waals surface area contributed by atoms with Gasteiger partial charge in [-0.1, -0.05) is 24.3 Å². The highest BCUT2D eigenvalue weighted by Crippen LogP contribution is 2.24. The van der Waals surface area contributed by atoms with Crippen molar-refractivity contribution in [2.75, 3.05) is 0 Å². The van der Waals surface area contributed by atoms with Crippen molar-refractivity contribution in [3.05, 3.63) is 73.3 Å². The lowest BCUT2D eigenvalue weighted by Gasteiger charge is -2.23. The number of hydrogen-bond acceptors (Lipinski definition) is 6. The summed E-state index contributed by atoms with van der Waals surface area (Å²) in [6, 6.07) is 11.7. The third-order valence-electron chi connectivity index (χ3n) is 5.29. The molecule has 0 radical (unpaired) electrons. The van der Waals surface area contributed by atoms with Gasteiger partial charge in [0, 0.05) is 58.4 Å². The van der Waals surface area contributed by atoms with Gasteiger partial charge in [0.1, 0.15) is 0 Å². The lowest BCUT2D eigenvalue weighted by atomic mass is 10.2. The number of nitrogens with zero attached hydrogens (tertiary/aromatic N) is 2. The van der Waals surface area contributed by atoms with Crippen LogP contribution in [-0.2, 0) is 20.0 Å². The summed E-state index contributed by atoms with van der Waals surface area (Å²) in [5.41, 5.74) is 0. The molecule has 0 aliphatic carbocycles. The van der Waals surface area contributed by atoms with Crippen LogP contribution in [0.5, 0.6) is 0 Å². The predicted octanol–water partition coefficient (Wildman–Crippen LogP) is 2.82. The fraction of sp³-hybridized carbons (Fsp3) is 0.182. The van der Waals surface area contributed by atoms with Crippen molar-refractivity contribution in [2.45, 2.75) is 35.7 Å². The van der Waals surface area contributed by atoms with Crippen molar-refractivity contribution in [2.24, 2.45) is 0 Å². The average molecular weight is 471 g/mol. The zero-order chi connectivity index (χ0) is 22.9. The van der Waals surface area contributed by atoms with Crippen LogP contribution in [0.4, 0.5) is 0 Å². The minimum absolute atomic E-state index is 0.112. The Labute approximate surface area is 186 Å². The van der Waals surface area contributed by atoms with E-state index in [4.69, 9.17) is 0 Å². The maximum atomic E-state index is 13.1. The van der Waals surface area contributed by atoms with E-state index in [1.165, 1.54) is 24.5 Å². The minimum atomic E-state index is -3.91. The van der Waals surface area contributed by atoms with E-state index in [2.05, 4.69) is 19.4 Å². The highest BCUT2D eigenvalue weighted by atomic mass is 32.2. The minimum Gasteiger partial charge on any atom is -0.264 e. The summed E-state index contributed by atoms with van der Waals surface area (Å²) < 4.78 is 57.4. The maximum absolute atomic E-state index is 13.1. The van der Waals surface area contributed by atoms with Crippen molar-refractivity contribution in [3.63, 3.8) is 0 Å². The monoisotopic (exact) mass is 470 g/mol. The van der Waals surface area contributed by atoms with E-state index in [9.17, 15) is 16.8 Å². The maximum Gasteiger partial charge on any atom is 0.241 e. The fourth-order valence-corrected chi connectivity index (χ4v) is 6.58. The van der Waals surface area contributed by atoms with Crippen molar-refractivity contribution in [1.29, 1.82) is 0 Å². The van der Waals surface area contributed by atoms with E-state index in [1.54, 1.807) is 62.6 Å². The molecule has 0 spiro atoms. The molecule has 0 fully saturated rings. The van der Waals surface area contributed by atoms with Crippen LogP contribution < -0.4 is 9.44 Å². The Balaban J connectivity index is 1.58. The van der Waals surface area contributed by atoms with Gasteiger partial charge in [-0.15, -0.1) is 0 Å². The predicted molar refractivity (Wildman–Crippen MR) is 123 cm³/mol. The van der Waals surface area contributed by atoms with Gasteiger partial charge < -0.3 is 0 Å². The number of pyridine rings is 2. The molecule has 0 aliphatic rings. The molecule has 2 atom stereocenters. The summed E-state index contributed by atoms with van der Waals surface area (Å²) in [5, 5.41) is 2.48. The van der Waals surface area contributed by atoms with Crippen LogP contribution in [0.2, 0.25) is 0 Å². The topological polar surface area (TPSA) is 118 Å². The molecule has 4 rings (SSSR count). The van der Waals surface area contributed by atoms with Gasteiger partial charge in [0.15, 0.2) is 0 Å². The van der Waals surface area contributed by atoms with E-state index in [0.29, 0.717) is 21.5 Å². The van der Waals surface area contributed by atoms with Gasteiger partial charge in [-0.3, -0.25) is 9.97 Å². The van der Waals surface area contributed by atoms with E-state index in [1.807, 2.05) is 0 Å². The van der Waals surface area contributed by atoms with Crippen LogP contribution in [0.25, 0.3) is 21.5 Å². The summed E-state index contributed by atoms with van der Waals surface area (Å²) >= 11 is 0. The van der Waals surface area contributed by atoms with E-state index in [0.717, 1.165) is 0 Å².